The molecule has 0 fully saturated rings. The fourth-order valence-corrected chi connectivity index (χ4v) is 1.61. The van der Waals surface area contributed by atoms with Crippen molar-refractivity contribution in [3.05, 3.63) is 24.0 Å². The summed E-state index contributed by atoms with van der Waals surface area (Å²) in [4.78, 5) is 26.0. The van der Waals surface area contributed by atoms with Gasteiger partial charge in [0, 0.05) is 18.7 Å². The number of rotatable bonds is 6. The third kappa shape index (κ3) is 5.85. The highest BCUT2D eigenvalue weighted by atomic mass is 16.4. The lowest BCUT2D eigenvalue weighted by atomic mass is 10.1. The molecule has 1 unspecified atom stereocenters. The summed E-state index contributed by atoms with van der Waals surface area (Å²) in [5, 5.41) is 14.0. The smallest absolute Gasteiger partial charge is 0.319 e. The van der Waals surface area contributed by atoms with E-state index in [1.807, 2.05) is 19.9 Å². The summed E-state index contributed by atoms with van der Waals surface area (Å²) >= 11 is 0. The molecule has 0 aliphatic carbocycles. The second-order valence-electron chi connectivity index (χ2n) is 4.48. The zero-order valence-electron chi connectivity index (χ0n) is 11.1. The molecule has 6 heteroatoms. The van der Waals surface area contributed by atoms with Crippen LogP contribution in [0.2, 0.25) is 0 Å². The standard InChI is InChI=1S/C13H19N3O3/c1-9-6-7-14-8-11(9)16-13(19)15-10(2)4-3-5-12(17)18/h6-8,10H,3-5H2,1-2H3,(H,17,18)(H2,15,16,19). The molecule has 6 nitrogen and oxygen atoms in total. The van der Waals surface area contributed by atoms with Crippen molar-refractivity contribution in [2.75, 3.05) is 5.32 Å². The highest BCUT2D eigenvalue weighted by Crippen LogP contribution is 2.11. The lowest BCUT2D eigenvalue weighted by molar-refractivity contribution is -0.137. The molecule has 0 saturated heterocycles. The maximum absolute atomic E-state index is 11.7. The number of hydrogen-bond acceptors (Lipinski definition) is 3. The highest BCUT2D eigenvalue weighted by Gasteiger charge is 2.09. The second kappa shape index (κ2) is 7.35. The molecule has 0 aliphatic heterocycles. The van der Waals surface area contributed by atoms with Gasteiger partial charge in [-0.1, -0.05) is 0 Å². The maximum atomic E-state index is 11.7. The summed E-state index contributed by atoms with van der Waals surface area (Å²) in [7, 11) is 0. The molecule has 0 radical (unpaired) electrons. The number of anilines is 1. The summed E-state index contributed by atoms with van der Waals surface area (Å²) in [6.07, 6.45) is 4.54. The third-order valence-electron chi connectivity index (χ3n) is 2.69. The molecule has 0 aromatic carbocycles. The van der Waals surface area contributed by atoms with E-state index in [0.717, 1.165) is 5.56 Å². The van der Waals surface area contributed by atoms with Crippen LogP contribution in [0.1, 0.15) is 31.7 Å². The van der Waals surface area contributed by atoms with Gasteiger partial charge in [-0.05, 0) is 38.3 Å². The molecule has 1 heterocycles. The normalized spacial score (nSPS) is 11.7. The summed E-state index contributed by atoms with van der Waals surface area (Å²) in [6.45, 7) is 3.73. The second-order valence-corrected chi connectivity index (χ2v) is 4.48. The van der Waals surface area contributed by atoms with Crippen molar-refractivity contribution in [3.63, 3.8) is 0 Å². The van der Waals surface area contributed by atoms with Gasteiger partial charge in [-0.25, -0.2) is 4.79 Å². The fourth-order valence-electron chi connectivity index (χ4n) is 1.61. The first-order valence-corrected chi connectivity index (χ1v) is 6.19. The van der Waals surface area contributed by atoms with Gasteiger partial charge in [-0.2, -0.15) is 0 Å². The van der Waals surface area contributed by atoms with Crippen LogP contribution in [0.5, 0.6) is 0 Å². The number of aryl methyl sites for hydroxylation is 1. The van der Waals surface area contributed by atoms with Gasteiger partial charge in [-0.15, -0.1) is 0 Å². The van der Waals surface area contributed by atoms with Crippen molar-refractivity contribution >= 4 is 17.7 Å². The van der Waals surface area contributed by atoms with Gasteiger partial charge in [-0.3, -0.25) is 9.78 Å². The molecule has 2 amide bonds. The number of carboxylic acid groups (broad SMARTS) is 1. The zero-order chi connectivity index (χ0) is 14.3. The number of amides is 2. The van der Waals surface area contributed by atoms with E-state index in [-0.39, 0.29) is 18.5 Å². The number of carbonyl (C=O) groups excluding carboxylic acids is 1. The Morgan fingerprint density at radius 1 is 1.47 bits per heavy atom. The van der Waals surface area contributed by atoms with Crippen LogP contribution in [0.4, 0.5) is 10.5 Å². The first-order valence-electron chi connectivity index (χ1n) is 6.19. The lowest BCUT2D eigenvalue weighted by Gasteiger charge is -2.14. The van der Waals surface area contributed by atoms with Crippen molar-refractivity contribution in [2.45, 2.75) is 39.2 Å². The molecule has 0 bridgehead atoms. The Hall–Kier alpha value is -2.11. The van der Waals surface area contributed by atoms with Gasteiger partial charge in [0.1, 0.15) is 0 Å². The minimum absolute atomic E-state index is 0.0728. The fraction of sp³-hybridized carbons (Fsp3) is 0.462. The number of aliphatic carboxylic acids is 1. The first kappa shape index (κ1) is 14.9. The number of aromatic nitrogens is 1. The number of carbonyl (C=O) groups is 2. The number of pyridine rings is 1. The van der Waals surface area contributed by atoms with Gasteiger partial charge in [0.2, 0.25) is 0 Å². The van der Waals surface area contributed by atoms with E-state index in [2.05, 4.69) is 15.6 Å². The van der Waals surface area contributed by atoms with Crippen LogP contribution >= 0.6 is 0 Å². The van der Waals surface area contributed by atoms with E-state index in [1.165, 1.54) is 0 Å². The number of carboxylic acids is 1. The Kier molecular flexibility index (Phi) is 5.78. The maximum Gasteiger partial charge on any atom is 0.319 e. The number of nitrogens with zero attached hydrogens (tertiary/aromatic N) is 1. The molecule has 104 valence electrons. The Labute approximate surface area is 112 Å². The monoisotopic (exact) mass is 265 g/mol. The van der Waals surface area contributed by atoms with Crippen molar-refractivity contribution < 1.29 is 14.7 Å². The molecular formula is C13H19N3O3. The lowest BCUT2D eigenvalue weighted by Crippen LogP contribution is -2.36. The van der Waals surface area contributed by atoms with Crippen LogP contribution in [0.15, 0.2) is 18.5 Å². The molecule has 19 heavy (non-hydrogen) atoms. The molecule has 0 spiro atoms. The van der Waals surface area contributed by atoms with Crippen LogP contribution in [0.3, 0.4) is 0 Å². The van der Waals surface area contributed by atoms with Crippen LogP contribution in [0.25, 0.3) is 0 Å². The summed E-state index contributed by atoms with van der Waals surface area (Å²) in [6, 6.07) is 1.43. The topological polar surface area (TPSA) is 91.3 Å². The molecule has 3 N–H and O–H groups in total. The minimum atomic E-state index is -0.817. The molecule has 1 atom stereocenters. The van der Waals surface area contributed by atoms with E-state index in [9.17, 15) is 9.59 Å². The number of nitrogens with one attached hydrogen (secondary N) is 2. The predicted octanol–water partition coefficient (Wildman–Crippen LogP) is 2.15. The Morgan fingerprint density at radius 3 is 2.84 bits per heavy atom. The molecule has 0 aliphatic rings. The summed E-state index contributed by atoms with van der Waals surface area (Å²) in [5.74, 6) is -0.817. The number of hydrogen-bond donors (Lipinski definition) is 3. The highest BCUT2D eigenvalue weighted by molar-refractivity contribution is 5.89. The Morgan fingerprint density at radius 2 is 2.21 bits per heavy atom. The minimum Gasteiger partial charge on any atom is -0.481 e. The van der Waals surface area contributed by atoms with Gasteiger partial charge < -0.3 is 15.7 Å². The van der Waals surface area contributed by atoms with E-state index in [1.54, 1.807) is 12.4 Å². The first-order chi connectivity index (χ1) is 8.99. The largest absolute Gasteiger partial charge is 0.481 e. The SMILES string of the molecule is Cc1ccncc1NC(=O)NC(C)CCCC(=O)O. The molecular weight excluding hydrogens is 246 g/mol. The van der Waals surface area contributed by atoms with E-state index >= 15 is 0 Å². The number of urea groups is 1. The van der Waals surface area contributed by atoms with E-state index in [4.69, 9.17) is 5.11 Å². The van der Waals surface area contributed by atoms with Crippen molar-refractivity contribution in [3.8, 4) is 0 Å². The molecule has 1 rings (SSSR count). The van der Waals surface area contributed by atoms with Crippen molar-refractivity contribution in [1.82, 2.24) is 10.3 Å². The molecule has 1 aromatic heterocycles. The Balaban J connectivity index is 2.35. The van der Waals surface area contributed by atoms with Crippen LogP contribution in [-0.2, 0) is 4.79 Å². The third-order valence-corrected chi connectivity index (χ3v) is 2.69. The van der Waals surface area contributed by atoms with Gasteiger partial charge in [0.15, 0.2) is 0 Å². The van der Waals surface area contributed by atoms with Gasteiger partial charge >= 0.3 is 12.0 Å². The molecule has 1 aromatic rings. The van der Waals surface area contributed by atoms with E-state index < -0.39 is 5.97 Å². The summed E-state index contributed by atoms with van der Waals surface area (Å²) in [5.41, 5.74) is 1.60. The van der Waals surface area contributed by atoms with Crippen LogP contribution < -0.4 is 10.6 Å². The Bertz CT molecular complexity index is 449. The van der Waals surface area contributed by atoms with Crippen molar-refractivity contribution in [1.29, 1.82) is 0 Å². The summed E-state index contributed by atoms with van der Waals surface area (Å²) < 4.78 is 0. The quantitative estimate of drug-likeness (QED) is 0.735. The average molecular weight is 265 g/mol. The van der Waals surface area contributed by atoms with Gasteiger partial charge in [0.05, 0.1) is 11.9 Å². The zero-order valence-corrected chi connectivity index (χ0v) is 11.1. The molecule has 0 saturated carbocycles. The van der Waals surface area contributed by atoms with Gasteiger partial charge in [0.25, 0.3) is 0 Å². The average Bonchev–Trinajstić information content (AvgIpc) is 2.31. The van der Waals surface area contributed by atoms with Crippen molar-refractivity contribution in [2.24, 2.45) is 0 Å². The van der Waals surface area contributed by atoms with Crippen LogP contribution in [-0.4, -0.2) is 28.1 Å². The predicted molar refractivity (Wildman–Crippen MR) is 72.1 cm³/mol. The van der Waals surface area contributed by atoms with Crippen LogP contribution in [0, 0.1) is 6.92 Å². The van der Waals surface area contributed by atoms with E-state index in [0.29, 0.717) is 18.5 Å².